The van der Waals surface area contributed by atoms with Crippen LogP contribution in [0.5, 0.6) is 0 Å². The lowest BCUT2D eigenvalue weighted by Gasteiger charge is -2.23. The van der Waals surface area contributed by atoms with Crippen molar-refractivity contribution in [1.29, 1.82) is 0 Å². The van der Waals surface area contributed by atoms with Crippen molar-refractivity contribution in [3.8, 4) is 0 Å². The maximum Gasteiger partial charge on any atom is 0.246 e. The summed E-state index contributed by atoms with van der Waals surface area (Å²) in [5, 5.41) is 6.17. The molecule has 96 valence electrons. The van der Waals surface area contributed by atoms with Crippen LogP contribution in [0.2, 0.25) is 0 Å². The molecular weight excluding hydrogens is 252 g/mol. The molecule has 6 nitrogen and oxygen atoms in total. The Bertz CT molecular complexity index is 595. The molecule has 0 aliphatic rings. The second-order valence-corrected chi connectivity index (χ2v) is 5.91. The van der Waals surface area contributed by atoms with Crippen LogP contribution >= 0.6 is 0 Å². The van der Waals surface area contributed by atoms with Crippen molar-refractivity contribution in [2.45, 2.75) is 17.9 Å². The summed E-state index contributed by atoms with van der Waals surface area (Å²) in [4.78, 5) is 4.07. The number of aromatic nitrogens is 3. The van der Waals surface area contributed by atoms with Gasteiger partial charge in [-0.15, -0.1) is 0 Å². The SMILES string of the molecule is CC(c1ccncc1)N(C)S(=O)(=O)c1cn[nH]c1. The third-order valence-corrected chi connectivity index (χ3v) is 4.78. The maximum absolute atomic E-state index is 12.3. The molecule has 0 aliphatic carbocycles. The van der Waals surface area contributed by atoms with Gasteiger partial charge in [0.1, 0.15) is 4.90 Å². The zero-order chi connectivity index (χ0) is 13.2. The van der Waals surface area contributed by atoms with Crippen LogP contribution in [0.25, 0.3) is 0 Å². The number of nitrogens with one attached hydrogen (secondary N) is 1. The molecule has 2 rings (SSSR count). The lowest BCUT2D eigenvalue weighted by molar-refractivity contribution is 0.398. The molecule has 2 aromatic heterocycles. The molecule has 0 fully saturated rings. The lowest BCUT2D eigenvalue weighted by Crippen LogP contribution is -2.29. The van der Waals surface area contributed by atoms with Crippen molar-refractivity contribution in [1.82, 2.24) is 19.5 Å². The first-order chi connectivity index (χ1) is 8.53. The average molecular weight is 266 g/mol. The van der Waals surface area contributed by atoms with Crippen molar-refractivity contribution in [3.05, 3.63) is 42.5 Å². The monoisotopic (exact) mass is 266 g/mol. The number of H-pyrrole nitrogens is 1. The lowest BCUT2D eigenvalue weighted by atomic mass is 10.1. The molecule has 0 bridgehead atoms. The molecule has 0 amide bonds. The van der Waals surface area contributed by atoms with Crippen molar-refractivity contribution in [3.63, 3.8) is 0 Å². The highest BCUT2D eigenvalue weighted by Crippen LogP contribution is 2.24. The van der Waals surface area contributed by atoms with E-state index in [0.29, 0.717) is 0 Å². The molecule has 1 unspecified atom stereocenters. The summed E-state index contributed by atoms with van der Waals surface area (Å²) >= 11 is 0. The van der Waals surface area contributed by atoms with Gasteiger partial charge in [0.2, 0.25) is 10.0 Å². The molecule has 2 aromatic rings. The summed E-state index contributed by atoms with van der Waals surface area (Å²) in [5.41, 5.74) is 0.888. The highest BCUT2D eigenvalue weighted by atomic mass is 32.2. The average Bonchev–Trinajstić information content (AvgIpc) is 2.92. The Labute approximate surface area is 106 Å². The smallest absolute Gasteiger partial charge is 0.246 e. The Morgan fingerprint density at radius 1 is 1.33 bits per heavy atom. The molecule has 1 N–H and O–H groups in total. The van der Waals surface area contributed by atoms with Gasteiger partial charge in [0.05, 0.1) is 6.20 Å². The van der Waals surface area contributed by atoms with Gasteiger partial charge in [-0.05, 0) is 24.6 Å². The number of hydrogen-bond acceptors (Lipinski definition) is 4. The van der Waals surface area contributed by atoms with Gasteiger partial charge in [0.15, 0.2) is 0 Å². The number of sulfonamides is 1. The predicted octanol–water partition coefficient (Wildman–Crippen LogP) is 1.19. The number of aromatic amines is 1. The highest BCUT2D eigenvalue weighted by Gasteiger charge is 2.26. The zero-order valence-corrected chi connectivity index (χ0v) is 10.9. The number of pyridine rings is 1. The van der Waals surface area contributed by atoms with Gasteiger partial charge in [0, 0.05) is 31.7 Å². The third kappa shape index (κ3) is 2.27. The van der Waals surface area contributed by atoms with Crippen LogP contribution in [0.4, 0.5) is 0 Å². The van der Waals surface area contributed by atoms with E-state index in [4.69, 9.17) is 0 Å². The van der Waals surface area contributed by atoms with Gasteiger partial charge in [-0.1, -0.05) is 0 Å². The second kappa shape index (κ2) is 4.87. The minimum Gasteiger partial charge on any atom is -0.284 e. The quantitative estimate of drug-likeness (QED) is 0.901. The van der Waals surface area contributed by atoms with E-state index in [-0.39, 0.29) is 10.9 Å². The van der Waals surface area contributed by atoms with Crippen LogP contribution < -0.4 is 0 Å². The van der Waals surface area contributed by atoms with E-state index in [1.54, 1.807) is 31.6 Å². The molecule has 0 radical (unpaired) electrons. The van der Waals surface area contributed by atoms with Crippen LogP contribution in [0.3, 0.4) is 0 Å². The van der Waals surface area contributed by atoms with Crippen LogP contribution in [-0.2, 0) is 10.0 Å². The molecule has 1 atom stereocenters. The zero-order valence-electron chi connectivity index (χ0n) is 10.1. The van der Waals surface area contributed by atoms with E-state index >= 15 is 0 Å². The minimum absolute atomic E-state index is 0.158. The first kappa shape index (κ1) is 12.7. The topological polar surface area (TPSA) is 79.0 Å². The van der Waals surface area contributed by atoms with E-state index in [0.717, 1.165) is 5.56 Å². The van der Waals surface area contributed by atoms with Crippen LogP contribution in [-0.4, -0.2) is 35.0 Å². The largest absolute Gasteiger partial charge is 0.284 e. The molecule has 18 heavy (non-hydrogen) atoms. The minimum atomic E-state index is -3.52. The van der Waals surface area contributed by atoms with E-state index in [1.165, 1.54) is 16.7 Å². The summed E-state index contributed by atoms with van der Waals surface area (Å²) in [5.74, 6) is 0. The fourth-order valence-electron chi connectivity index (χ4n) is 1.61. The molecule has 0 spiro atoms. The Morgan fingerprint density at radius 3 is 2.56 bits per heavy atom. The van der Waals surface area contributed by atoms with Crippen molar-refractivity contribution < 1.29 is 8.42 Å². The molecule has 2 heterocycles. The number of nitrogens with zero attached hydrogens (tertiary/aromatic N) is 3. The summed E-state index contributed by atoms with van der Waals surface area (Å²) in [6.07, 6.45) is 5.95. The number of rotatable bonds is 4. The van der Waals surface area contributed by atoms with Gasteiger partial charge in [-0.3, -0.25) is 10.1 Å². The van der Waals surface area contributed by atoms with Gasteiger partial charge in [-0.2, -0.15) is 9.40 Å². The van der Waals surface area contributed by atoms with E-state index in [1.807, 2.05) is 6.92 Å². The van der Waals surface area contributed by atoms with Crippen LogP contribution in [0.15, 0.2) is 41.8 Å². The van der Waals surface area contributed by atoms with Gasteiger partial charge in [0.25, 0.3) is 0 Å². The fourth-order valence-corrected chi connectivity index (χ4v) is 2.86. The van der Waals surface area contributed by atoms with Crippen LogP contribution in [0, 0.1) is 0 Å². The summed E-state index contributed by atoms with van der Waals surface area (Å²) < 4.78 is 25.8. The summed E-state index contributed by atoms with van der Waals surface area (Å²) in [6.45, 7) is 1.83. The molecule has 7 heteroatoms. The second-order valence-electron chi connectivity index (χ2n) is 3.91. The third-order valence-electron chi connectivity index (χ3n) is 2.88. The molecular formula is C11H14N4O2S. The first-order valence-corrected chi connectivity index (χ1v) is 6.84. The molecule has 0 aliphatic heterocycles. The van der Waals surface area contributed by atoms with E-state index in [2.05, 4.69) is 15.2 Å². The fraction of sp³-hybridized carbons (Fsp3) is 0.273. The molecule has 0 saturated heterocycles. The van der Waals surface area contributed by atoms with Gasteiger partial charge < -0.3 is 0 Å². The van der Waals surface area contributed by atoms with E-state index < -0.39 is 10.0 Å². The Morgan fingerprint density at radius 2 is 2.00 bits per heavy atom. The van der Waals surface area contributed by atoms with Crippen LogP contribution in [0.1, 0.15) is 18.5 Å². The highest BCUT2D eigenvalue weighted by molar-refractivity contribution is 7.89. The summed E-state index contributed by atoms with van der Waals surface area (Å²) in [7, 11) is -1.97. The van der Waals surface area contributed by atoms with Crippen molar-refractivity contribution in [2.75, 3.05) is 7.05 Å². The Hall–Kier alpha value is -1.73. The molecule has 0 saturated carbocycles. The van der Waals surface area contributed by atoms with E-state index in [9.17, 15) is 8.42 Å². The molecule has 0 aromatic carbocycles. The maximum atomic E-state index is 12.3. The Kier molecular flexibility index (Phi) is 3.44. The predicted molar refractivity (Wildman–Crippen MR) is 66.2 cm³/mol. The Balaban J connectivity index is 2.30. The normalized spacial score (nSPS) is 13.7. The van der Waals surface area contributed by atoms with Gasteiger partial charge >= 0.3 is 0 Å². The first-order valence-electron chi connectivity index (χ1n) is 5.40. The standard InChI is InChI=1S/C11H14N4O2S/c1-9(10-3-5-12-6-4-10)15(2)18(16,17)11-7-13-14-8-11/h3-9H,1-2H3,(H,13,14). The van der Waals surface area contributed by atoms with Crippen molar-refractivity contribution >= 4 is 10.0 Å². The van der Waals surface area contributed by atoms with Gasteiger partial charge in [-0.25, -0.2) is 8.42 Å². The number of hydrogen-bond donors (Lipinski definition) is 1. The van der Waals surface area contributed by atoms with Crippen molar-refractivity contribution in [2.24, 2.45) is 0 Å². The summed E-state index contributed by atoms with van der Waals surface area (Å²) in [6, 6.07) is 3.32.